The molecule has 10 aromatic rings. The molecular formula is C52H34N4. The van der Waals surface area contributed by atoms with Gasteiger partial charge in [0.2, 0.25) is 0 Å². The molecule has 0 bridgehead atoms. The van der Waals surface area contributed by atoms with Crippen molar-refractivity contribution in [2.75, 3.05) is 0 Å². The van der Waals surface area contributed by atoms with E-state index in [-0.39, 0.29) is 0 Å². The molecule has 0 unspecified atom stereocenters. The largest absolute Gasteiger partial charge is 0.247 e. The standard InChI is InChI=1S/C52H34N4/c1-5-16-36(17-6-1)42-24-13-14-25-44(42)49-46-27-15-26-43(37-18-7-2-8-19-37)48(46)45-33-32-41(34-47(45)53-49)35-28-30-40(31-29-35)52-55-50(38-20-9-3-10-21-38)54-51(56-52)39-22-11-4-12-23-39/h1-34H. The van der Waals surface area contributed by atoms with Crippen LogP contribution in [0.1, 0.15) is 0 Å². The minimum atomic E-state index is 0.631. The second-order valence-electron chi connectivity index (χ2n) is 13.8. The number of nitrogens with zero attached hydrogens (tertiary/aromatic N) is 4. The van der Waals surface area contributed by atoms with Gasteiger partial charge in [-0.05, 0) is 39.4 Å². The lowest BCUT2D eigenvalue weighted by Gasteiger charge is -2.17. The normalized spacial score (nSPS) is 11.2. The Labute approximate surface area is 325 Å². The predicted molar refractivity (Wildman–Crippen MR) is 231 cm³/mol. The highest BCUT2D eigenvalue weighted by Gasteiger charge is 2.18. The third kappa shape index (κ3) is 6.19. The van der Waals surface area contributed by atoms with Crippen LogP contribution < -0.4 is 0 Å². The van der Waals surface area contributed by atoms with Gasteiger partial charge in [-0.2, -0.15) is 0 Å². The minimum absolute atomic E-state index is 0.631. The molecule has 0 aliphatic rings. The molecule has 4 nitrogen and oxygen atoms in total. The summed E-state index contributed by atoms with van der Waals surface area (Å²) in [7, 11) is 0. The van der Waals surface area contributed by atoms with E-state index in [1.165, 1.54) is 16.5 Å². The Morgan fingerprint density at radius 3 is 1.25 bits per heavy atom. The van der Waals surface area contributed by atoms with Crippen molar-refractivity contribution in [1.82, 2.24) is 19.9 Å². The van der Waals surface area contributed by atoms with Crippen LogP contribution in [0, 0.1) is 0 Å². The Hall–Kier alpha value is -7.56. The van der Waals surface area contributed by atoms with Crippen LogP contribution in [0.4, 0.5) is 0 Å². The summed E-state index contributed by atoms with van der Waals surface area (Å²) in [6, 6.07) is 71.7. The van der Waals surface area contributed by atoms with E-state index in [2.05, 4.69) is 146 Å². The molecule has 0 aliphatic heterocycles. The maximum absolute atomic E-state index is 5.50. The van der Waals surface area contributed by atoms with Crippen molar-refractivity contribution in [3.05, 3.63) is 206 Å². The Bertz CT molecular complexity index is 2930. The molecule has 10 rings (SSSR count). The minimum Gasteiger partial charge on any atom is -0.247 e. The van der Waals surface area contributed by atoms with Gasteiger partial charge in [0, 0.05) is 38.4 Å². The zero-order chi connectivity index (χ0) is 37.3. The van der Waals surface area contributed by atoms with Crippen molar-refractivity contribution < 1.29 is 0 Å². The molecule has 0 fully saturated rings. The van der Waals surface area contributed by atoms with Crippen LogP contribution in [0.5, 0.6) is 0 Å². The van der Waals surface area contributed by atoms with Crippen LogP contribution in [-0.4, -0.2) is 19.9 Å². The predicted octanol–water partition coefficient (Wildman–Crippen LogP) is 13.2. The second kappa shape index (κ2) is 14.3. The van der Waals surface area contributed by atoms with Crippen molar-refractivity contribution in [3.63, 3.8) is 0 Å². The number of fused-ring (bicyclic) bond motifs is 3. The summed E-state index contributed by atoms with van der Waals surface area (Å²) in [5.41, 5.74) is 12.7. The Morgan fingerprint density at radius 2 is 0.679 bits per heavy atom. The number of aromatic nitrogens is 4. The Balaban J connectivity index is 1.12. The molecule has 4 heteroatoms. The molecule has 0 spiro atoms. The van der Waals surface area contributed by atoms with Gasteiger partial charge in [0.15, 0.2) is 17.5 Å². The van der Waals surface area contributed by atoms with Crippen LogP contribution in [0.3, 0.4) is 0 Å². The molecule has 56 heavy (non-hydrogen) atoms. The van der Waals surface area contributed by atoms with Crippen molar-refractivity contribution in [1.29, 1.82) is 0 Å². The Morgan fingerprint density at radius 1 is 0.250 bits per heavy atom. The summed E-state index contributed by atoms with van der Waals surface area (Å²) in [4.78, 5) is 20.2. The molecule has 0 saturated carbocycles. The van der Waals surface area contributed by atoms with Gasteiger partial charge in [-0.25, -0.2) is 19.9 Å². The smallest absolute Gasteiger partial charge is 0.164 e. The summed E-state index contributed by atoms with van der Waals surface area (Å²) in [5, 5.41) is 3.44. The van der Waals surface area contributed by atoms with Gasteiger partial charge in [-0.3, -0.25) is 0 Å². The van der Waals surface area contributed by atoms with E-state index in [0.29, 0.717) is 17.5 Å². The zero-order valence-electron chi connectivity index (χ0n) is 30.4. The van der Waals surface area contributed by atoms with Crippen LogP contribution in [-0.2, 0) is 0 Å². The summed E-state index contributed by atoms with van der Waals surface area (Å²) >= 11 is 0. The summed E-state index contributed by atoms with van der Waals surface area (Å²) in [6.07, 6.45) is 0. The number of benzene rings is 8. The average Bonchev–Trinajstić information content (AvgIpc) is 3.29. The first kappa shape index (κ1) is 33.0. The van der Waals surface area contributed by atoms with Crippen LogP contribution >= 0.6 is 0 Å². The number of hydrogen-bond donors (Lipinski definition) is 0. The molecule has 0 aliphatic carbocycles. The van der Waals surface area contributed by atoms with E-state index < -0.39 is 0 Å². The third-order valence-corrected chi connectivity index (χ3v) is 10.3. The number of hydrogen-bond acceptors (Lipinski definition) is 4. The van der Waals surface area contributed by atoms with Crippen molar-refractivity contribution >= 4 is 21.7 Å². The van der Waals surface area contributed by atoms with Crippen molar-refractivity contribution in [3.8, 4) is 78.8 Å². The lowest BCUT2D eigenvalue weighted by Crippen LogP contribution is -2.00. The fourth-order valence-electron chi connectivity index (χ4n) is 7.61. The monoisotopic (exact) mass is 714 g/mol. The lowest BCUT2D eigenvalue weighted by atomic mass is 9.90. The van der Waals surface area contributed by atoms with E-state index in [1.807, 2.05) is 60.7 Å². The van der Waals surface area contributed by atoms with Gasteiger partial charge >= 0.3 is 0 Å². The highest BCUT2D eigenvalue weighted by molar-refractivity contribution is 6.18. The van der Waals surface area contributed by atoms with E-state index in [9.17, 15) is 0 Å². The van der Waals surface area contributed by atoms with Crippen LogP contribution in [0.15, 0.2) is 206 Å². The van der Waals surface area contributed by atoms with E-state index >= 15 is 0 Å². The Kier molecular flexibility index (Phi) is 8.47. The summed E-state index contributed by atoms with van der Waals surface area (Å²) in [5.74, 6) is 1.92. The van der Waals surface area contributed by atoms with Gasteiger partial charge < -0.3 is 0 Å². The van der Waals surface area contributed by atoms with E-state index in [0.717, 1.165) is 66.5 Å². The third-order valence-electron chi connectivity index (χ3n) is 10.3. The SMILES string of the molecule is c1ccc(-c2nc(-c3ccccc3)nc(-c3ccc(-c4ccc5c(c4)nc(-c4ccccc4-c4ccccc4)c4cccc(-c6ccccc6)c45)cc3)n2)cc1. The number of rotatable bonds is 7. The number of pyridine rings is 1. The molecule has 0 saturated heterocycles. The maximum atomic E-state index is 5.50. The molecule has 0 radical (unpaired) electrons. The molecule has 0 amide bonds. The molecule has 0 atom stereocenters. The maximum Gasteiger partial charge on any atom is 0.164 e. The summed E-state index contributed by atoms with van der Waals surface area (Å²) in [6.45, 7) is 0. The van der Waals surface area contributed by atoms with Crippen LogP contribution in [0.25, 0.3) is 100 Å². The topological polar surface area (TPSA) is 51.6 Å². The van der Waals surface area contributed by atoms with E-state index in [4.69, 9.17) is 19.9 Å². The molecule has 0 N–H and O–H groups in total. The first-order valence-corrected chi connectivity index (χ1v) is 18.8. The van der Waals surface area contributed by atoms with E-state index in [1.54, 1.807) is 0 Å². The zero-order valence-corrected chi connectivity index (χ0v) is 30.4. The molecule has 8 aromatic carbocycles. The first-order chi connectivity index (χ1) is 27.8. The van der Waals surface area contributed by atoms with Gasteiger partial charge in [-0.1, -0.05) is 200 Å². The first-order valence-electron chi connectivity index (χ1n) is 18.8. The van der Waals surface area contributed by atoms with Crippen molar-refractivity contribution in [2.45, 2.75) is 0 Å². The van der Waals surface area contributed by atoms with Crippen LogP contribution in [0.2, 0.25) is 0 Å². The molecule has 2 heterocycles. The van der Waals surface area contributed by atoms with Crippen molar-refractivity contribution in [2.24, 2.45) is 0 Å². The van der Waals surface area contributed by atoms with Gasteiger partial charge in [0.1, 0.15) is 0 Å². The highest BCUT2D eigenvalue weighted by Crippen LogP contribution is 2.42. The summed E-state index contributed by atoms with van der Waals surface area (Å²) < 4.78 is 0. The quantitative estimate of drug-likeness (QED) is 0.154. The fourth-order valence-corrected chi connectivity index (χ4v) is 7.61. The van der Waals surface area contributed by atoms with Gasteiger partial charge in [-0.15, -0.1) is 0 Å². The second-order valence-corrected chi connectivity index (χ2v) is 13.8. The fraction of sp³-hybridized carbons (Fsp3) is 0. The average molecular weight is 715 g/mol. The highest BCUT2D eigenvalue weighted by atomic mass is 15.0. The van der Waals surface area contributed by atoms with Gasteiger partial charge in [0.05, 0.1) is 11.2 Å². The lowest BCUT2D eigenvalue weighted by molar-refractivity contribution is 1.07. The van der Waals surface area contributed by atoms with Gasteiger partial charge in [0.25, 0.3) is 0 Å². The molecular weight excluding hydrogens is 681 g/mol. The molecule has 262 valence electrons. The molecule has 2 aromatic heterocycles.